The molecule has 1 amide bonds. The number of nitrogens with one attached hydrogen (secondary N) is 1. The summed E-state index contributed by atoms with van der Waals surface area (Å²) in [6.45, 7) is 10.3. The molecular formula is C21H34N2O2. The molecule has 0 spiro atoms. The molecule has 140 valence electrons. The van der Waals surface area contributed by atoms with Crippen molar-refractivity contribution in [1.82, 2.24) is 10.2 Å². The van der Waals surface area contributed by atoms with Gasteiger partial charge in [0.2, 0.25) is 5.91 Å². The molecule has 1 aliphatic rings. The maximum absolute atomic E-state index is 13.1. The number of amides is 1. The molecule has 0 bridgehead atoms. The minimum Gasteiger partial charge on any atom is -0.396 e. The second-order valence-corrected chi connectivity index (χ2v) is 7.93. The lowest BCUT2D eigenvalue weighted by atomic mass is 9.95. The highest BCUT2D eigenvalue weighted by Gasteiger charge is 2.29. The summed E-state index contributed by atoms with van der Waals surface area (Å²) in [6.07, 6.45) is 2.66. The molecule has 4 nitrogen and oxygen atoms in total. The van der Waals surface area contributed by atoms with Crippen LogP contribution in [0.15, 0.2) is 24.3 Å². The van der Waals surface area contributed by atoms with Crippen molar-refractivity contribution in [3.8, 4) is 0 Å². The third-order valence-electron chi connectivity index (χ3n) is 5.22. The Bertz CT molecular complexity index is 533. The number of aliphatic hydroxyl groups is 1. The third-order valence-corrected chi connectivity index (χ3v) is 5.22. The molecule has 0 radical (unpaired) electrons. The first-order valence-corrected chi connectivity index (χ1v) is 9.63. The summed E-state index contributed by atoms with van der Waals surface area (Å²) >= 11 is 0. The summed E-state index contributed by atoms with van der Waals surface area (Å²) in [5.74, 6) is 1.03. The fraction of sp³-hybridized carbons (Fsp3) is 0.667. The third kappa shape index (κ3) is 5.82. The Balaban J connectivity index is 2.02. The number of carbonyl (C=O) groups is 1. The van der Waals surface area contributed by atoms with Gasteiger partial charge in [-0.3, -0.25) is 10.1 Å². The Hall–Kier alpha value is -1.39. The molecule has 1 saturated heterocycles. The average Bonchev–Trinajstić information content (AvgIpc) is 2.60. The van der Waals surface area contributed by atoms with E-state index in [2.05, 4.69) is 57.3 Å². The summed E-state index contributed by atoms with van der Waals surface area (Å²) in [5.41, 5.74) is 2.46. The van der Waals surface area contributed by atoms with Gasteiger partial charge in [-0.15, -0.1) is 0 Å². The van der Waals surface area contributed by atoms with Crippen LogP contribution in [0.3, 0.4) is 0 Å². The lowest BCUT2D eigenvalue weighted by Crippen LogP contribution is -2.50. The van der Waals surface area contributed by atoms with E-state index < -0.39 is 0 Å². The first-order chi connectivity index (χ1) is 11.9. The van der Waals surface area contributed by atoms with E-state index in [-0.39, 0.29) is 24.6 Å². The quantitative estimate of drug-likeness (QED) is 0.796. The zero-order chi connectivity index (χ0) is 18.4. The van der Waals surface area contributed by atoms with Crippen molar-refractivity contribution in [3.63, 3.8) is 0 Å². The van der Waals surface area contributed by atoms with Crippen LogP contribution < -0.4 is 5.32 Å². The van der Waals surface area contributed by atoms with Crippen LogP contribution >= 0.6 is 0 Å². The first kappa shape index (κ1) is 19.9. The number of benzene rings is 1. The van der Waals surface area contributed by atoms with Crippen LogP contribution in [0.2, 0.25) is 0 Å². The van der Waals surface area contributed by atoms with Gasteiger partial charge in [-0.05, 0) is 50.5 Å². The molecule has 1 aromatic carbocycles. The molecule has 25 heavy (non-hydrogen) atoms. The molecule has 0 aromatic heterocycles. The van der Waals surface area contributed by atoms with Gasteiger partial charge in [0, 0.05) is 25.7 Å². The maximum Gasteiger partial charge on any atom is 0.239 e. The highest BCUT2D eigenvalue weighted by atomic mass is 16.3. The number of hydrogen-bond acceptors (Lipinski definition) is 3. The van der Waals surface area contributed by atoms with E-state index in [1.54, 1.807) is 0 Å². The monoisotopic (exact) mass is 346 g/mol. The Kier molecular flexibility index (Phi) is 7.45. The van der Waals surface area contributed by atoms with Crippen LogP contribution in [0.1, 0.15) is 57.2 Å². The van der Waals surface area contributed by atoms with E-state index in [4.69, 9.17) is 0 Å². The van der Waals surface area contributed by atoms with Crippen molar-refractivity contribution < 1.29 is 9.90 Å². The largest absolute Gasteiger partial charge is 0.396 e. The van der Waals surface area contributed by atoms with E-state index in [0.717, 1.165) is 32.4 Å². The van der Waals surface area contributed by atoms with Gasteiger partial charge >= 0.3 is 0 Å². The molecule has 4 heteroatoms. The van der Waals surface area contributed by atoms with Gasteiger partial charge in [-0.1, -0.05) is 43.7 Å². The molecule has 1 aliphatic heterocycles. The van der Waals surface area contributed by atoms with E-state index >= 15 is 0 Å². The van der Waals surface area contributed by atoms with E-state index in [9.17, 15) is 9.90 Å². The summed E-state index contributed by atoms with van der Waals surface area (Å²) in [7, 11) is 0. The second kappa shape index (κ2) is 9.35. The van der Waals surface area contributed by atoms with Crippen molar-refractivity contribution >= 4 is 5.91 Å². The van der Waals surface area contributed by atoms with Gasteiger partial charge in [0.1, 0.15) is 0 Å². The van der Waals surface area contributed by atoms with Gasteiger partial charge in [0.15, 0.2) is 0 Å². The van der Waals surface area contributed by atoms with E-state index in [1.807, 2.05) is 4.90 Å². The highest BCUT2D eigenvalue weighted by molar-refractivity contribution is 5.82. The van der Waals surface area contributed by atoms with Crippen LogP contribution in [0.4, 0.5) is 0 Å². The molecule has 2 unspecified atom stereocenters. The van der Waals surface area contributed by atoms with Crippen molar-refractivity contribution in [2.45, 2.75) is 59.0 Å². The number of piperidine rings is 1. The SMILES string of the molecule is Cc1ccc(C(C)NC(CC(C)C)C(=O)N2CCC(CO)CC2)cc1. The second-order valence-electron chi connectivity index (χ2n) is 7.93. The van der Waals surface area contributed by atoms with Crippen LogP contribution in [-0.2, 0) is 4.79 Å². The van der Waals surface area contributed by atoms with Gasteiger partial charge in [0.05, 0.1) is 6.04 Å². The zero-order valence-corrected chi connectivity index (χ0v) is 16.2. The minimum atomic E-state index is -0.151. The Labute approximate surface area is 152 Å². The number of hydrogen-bond donors (Lipinski definition) is 2. The summed E-state index contributed by atoms with van der Waals surface area (Å²) < 4.78 is 0. The summed E-state index contributed by atoms with van der Waals surface area (Å²) in [4.78, 5) is 15.0. The van der Waals surface area contributed by atoms with E-state index in [1.165, 1.54) is 11.1 Å². The number of nitrogens with zero attached hydrogens (tertiary/aromatic N) is 1. The fourth-order valence-corrected chi connectivity index (χ4v) is 3.52. The maximum atomic E-state index is 13.1. The fourth-order valence-electron chi connectivity index (χ4n) is 3.52. The number of carbonyl (C=O) groups excluding carboxylic acids is 1. The lowest BCUT2D eigenvalue weighted by molar-refractivity contribution is -0.135. The lowest BCUT2D eigenvalue weighted by Gasteiger charge is -2.35. The number of likely N-dealkylation sites (tertiary alicyclic amines) is 1. The Morgan fingerprint density at radius 3 is 2.32 bits per heavy atom. The van der Waals surface area contributed by atoms with Crippen LogP contribution in [0.5, 0.6) is 0 Å². The molecule has 1 aromatic rings. The van der Waals surface area contributed by atoms with Crippen LogP contribution in [-0.4, -0.2) is 41.7 Å². The molecule has 2 atom stereocenters. The molecule has 1 heterocycles. The normalized spacial score (nSPS) is 18.4. The number of aliphatic hydroxyl groups excluding tert-OH is 1. The highest BCUT2D eigenvalue weighted by Crippen LogP contribution is 2.21. The van der Waals surface area contributed by atoms with Crippen molar-refractivity contribution in [2.24, 2.45) is 11.8 Å². The van der Waals surface area contributed by atoms with Crippen molar-refractivity contribution in [3.05, 3.63) is 35.4 Å². The van der Waals surface area contributed by atoms with Crippen molar-refractivity contribution in [2.75, 3.05) is 19.7 Å². The van der Waals surface area contributed by atoms with E-state index in [0.29, 0.717) is 11.8 Å². The molecule has 2 N–H and O–H groups in total. The van der Waals surface area contributed by atoms with Gasteiger partial charge in [-0.25, -0.2) is 0 Å². The minimum absolute atomic E-state index is 0.142. The first-order valence-electron chi connectivity index (χ1n) is 9.63. The summed E-state index contributed by atoms with van der Waals surface area (Å²) in [5, 5.41) is 12.9. The van der Waals surface area contributed by atoms with Crippen LogP contribution in [0.25, 0.3) is 0 Å². The summed E-state index contributed by atoms with van der Waals surface area (Å²) in [6, 6.07) is 8.50. The van der Waals surface area contributed by atoms with Gasteiger partial charge < -0.3 is 10.0 Å². The predicted octanol–water partition coefficient (Wildman–Crippen LogP) is 3.29. The molecular weight excluding hydrogens is 312 g/mol. The zero-order valence-electron chi connectivity index (χ0n) is 16.2. The smallest absolute Gasteiger partial charge is 0.239 e. The molecule has 1 fully saturated rings. The number of rotatable bonds is 7. The van der Waals surface area contributed by atoms with Crippen molar-refractivity contribution in [1.29, 1.82) is 0 Å². The molecule has 0 aliphatic carbocycles. The Morgan fingerprint density at radius 1 is 1.20 bits per heavy atom. The van der Waals surface area contributed by atoms with Gasteiger partial charge in [0.25, 0.3) is 0 Å². The number of aryl methyl sites for hydroxylation is 1. The standard InChI is InChI=1S/C21H34N2O2/c1-15(2)13-20(21(25)23-11-9-18(14-24)10-12-23)22-17(4)19-7-5-16(3)6-8-19/h5-8,15,17-18,20,22,24H,9-14H2,1-4H3. The van der Waals surface area contributed by atoms with Gasteiger partial charge in [-0.2, -0.15) is 0 Å². The Morgan fingerprint density at radius 2 is 1.80 bits per heavy atom. The average molecular weight is 347 g/mol. The van der Waals surface area contributed by atoms with Crippen LogP contribution in [0, 0.1) is 18.8 Å². The topological polar surface area (TPSA) is 52.6 Å². The molecule has 0 saturated carbocycles. The molecule has 2 rings (SSSR count). The predicted molar refractivity (Wildman–Crippen MR) is 102 cm³/mol.